The van der Waals surface area contributed by atoms with Gasteiger partial charge in [0, 0.05) is 0 Å². The summed E-state index contributed by atoms with van der Waals surface area (Å²) >= 11 is 0. The highest BCUT2D eigenvalue weighted by atomic mass is 16.5. The van der Waals surface area contributed by atoms with Crippen molar-refractivity contribution in [3.8, 4) is 0 Å². The molecule has 4 fully saturated rings. The Morgan fingerprint density at radius 3 is 2.64 bits per heavy atom. The lowest BCUT2D eigenvalue weighted by Gasteiger charge is -2.33. The summed E-state index contributed by atoms with van der Waals surface area (Å²) in [5.74, 6) is 2.50. The molecule has 2 aliphatic carbocycles. The average Bonchev–Trinajstić information content (AvgIpc) is 2.42. The fourth-order valence-corrected chi connectivity index (χ4v) is 3.32. The first kappa shape index (κ1) is 6.04. The summed E-state index contributed by atoms with van der Waals surface area (Å²) in [6.45, 7) is 2.28. The molecule has 4 rings (SSSR count). The SMILES string of the molecule is CC1C2CC3C(=O)OC2CC31. The van der Waals surface area contributed by atoms with Crippen LogP contribution in [0.5, 0.6) is 0 Å². The second kappa shape index (κ2) is 1.62. The molecule has 0 aromatic heterocycles. The largest absolute Gasteiger partial charge is 0.462 e. The van der Waals surface area contributed by atoms with Gasteiger partial charge in [0.05, 0.1) is 5.92 Å². The smallest absolute Gasteiger partial charge is 0.309 e. The van der Waals surface area contributed by atoms with E-state index in [4.69, 9.17) is 4.74 Å². The van der Waals surface area contributed by atoms with E-state index in [0.29, 0.717) is 17.9 Å². The molecule has 0 amide bonds. The lowest BCUT2D eigenvalue weighted by molar-refractivity contribution is -0.169. The van der Waals surface area contributed by atoms with Gasteiger partial charge in [-0.1, -0.05) is 6.92 Å². The van der Waals surface area contributed by atoms with E-state index < -0.39 is 0 Å². The first-order valence-corrected chi connectivity index (χ1v) is 4.48. The Kier molecular flexibility index (Phi) is 0.890. The predicted molar refractivity (Wildman–Crippen MR) is 38.7 cm³/mol. The van der Waals surface area contributed by atoms with E-state index in [1.807, 2.05) is 0 Å². The van der Waals surface area contributed by atoms with Crippen LogP contribution in [0.2, 0.25) is 0 Å². The van der Waals surface area contributed by atoms with Crippen molar-refractivity contribution in [2.75, 3.05) is 0 Å². The molecule has 5 atom stereocenters. The van der Waals surface area contributed by atoms with Gasteiger partial charge >= 0.3 is 5.97 Å². The fraction of sp³-hybridized carbons (Fsp3) is 0.889. The Bertz CT molecular complexity index is 224. The highest BCUT2D eigenvalue weighted by Gasteiger charge is 2.59. The molecule has 0 aromatic rings. The molecular weight excluding hydrogens is 140 g/mol. The maximum atomic E-state index is 11.2. The van der Waals surface area contributed by atoms with E-state index in [2.05, 4.69) is 6.92 Å². The summed E-state index contributed by atoms with van der Waals surface area (Å²) in [5.41, 5.74) is 0. The third kappa shape index (κ3) is 0.534. The van der Waals surface area contributed by atoms with Crippen LogP contribution in [-0.2, 0) is 9.53 Å². The molecule has 60 valence electrons. The molecule has 4 bridgehead atoms. The van der Waals surface area contributed by atoms with Crippen LogP contribution in [0, 0.1) is 23.7 Å². The molecule has 4 aliphatic rings. The molecular formula is C9H12O2. The summed E-state index contributed by atoms with van der Waals surface area (Å²) in [7, 11) is 0. The zero-order valence-corrected chi connectivity index (χ0v) is 6.62. The number of hydrogen-bond donors (Lipinski definition) is 0. The van der Waals surface area contributed by atoms with E-state index in [-0.39, 0.29) is 11.9 Å². The zero-order chi connectivity index (χ0) is 7.59. The predicted octanol–water partition coefficient (Wildman–Crippen LogP) is 1.20. The van der Waals surface area contributed by atoms with Crippen LogP contribution in [0.15, 0.2) is 0 Å². The maximum absolute atomic E-state index is 11.2. The Morgan fingerprint density at radius 1 is 1.36 bits per heavy atom. The van der Waals surface area contributed by atoms with Crippen LogP contribution in [-0.4, -0.2) is 12.1 Å². The zero-order valence-electron chi connectivity index (χ0n) is 6.62. The number of carbonyl (C=O) groups excluding carboxylic acids is 1. The minimum atomic E-state index is 0.0897. The number of ether oxygens (including phenoxy) is 1. The van der Waals surface area contributed by atoms with E-state index >= 15 is 0 Å². The number of esters is 1. The van der Waals surface area contributed by atoms with Gasteiger partial charge in [0.2, 0.25) is 0 Å². The summed E-state index contributed by atoms with van der Waals surface area (Å²) in [6, 6.07) is 0. The summed E-state index contributed by atoms with van der Waals surface area (Å²) in [6.07, 6.45) is 2.57. The van der Waals surface area contributed by atoms with Crippen molar-refractivity contribution in [3.05, 3.63) is 0 Å². The Balaban J connectivity index is 2.04. The topological polar surface area (TPSA) is 26.3 Å². The highest BCUT2D eigenvalue weighted by Crippen LogP contribution is 2.57. The molecule has 2 aliphatic heterocycles. The van der Waals surface area contributed by atoms with E-state index in [9.17, 15) is 4.79 Å². The quantitative estimate of drug-likeness (QED) is 0.487. The number of rotatable bonds is 0. The van der Waals surface area contributed by atoms with Crippen LogP contribution in [0.4, 0.5) is 0 Å². The molecule has 2 nitrogen and oxygen atoms in total. The van der Waals surface area contributed by atoms with Gasteiger partial charge in [-0.2, -0.15) is 0 Å². The second-order valence-electron chi connectivity index (χ2n) is 4.24. The molecule has 5 unspecified atom stereocenters. The van der Waals surface area contributed by atoms with Crippen molar-refractivity contribution < 1.29 is 9.53 Å². The van der Waals surface area contributed by atoms with Gasteiger partial charge in [-0.25, -0.2) is 0 Å². The van der Waals surface area contributed by atoms with E-state index in [1.54, 1.807) is 0 Å². The first-order chi connectivity index (χ1) is 5.27. The molecule has 11 heavy (non-hydrogen) atoms. The monoisotopic (exact) mass is 152 g/mol. The van der Waals surface area contributed by atoms with Crippen LogP contribution in [0.3, 0.4) is 0 Å². The highest BCUT2D eigenvalue weighted by molar-refractivity contribution is 5.75. The molecule has 2 saturated carbocycles. The minimum Gasteiger partial charge on any atom is -0.462 e. The normalized spacial score (nSPS) is 58.6. The van der Waals surface area contributed by atoms with E-state index in [0.717, 1.165) is 18.8 Å². The summed E-state index contributed by atoms with van der Waals surface area (Å²) in [5, 5.41) is 0. The van der Waals surface area contributed by atoms with Gasteiger partial charge in [0.15, 0.2) is 0 Å². The Hall–Kier alpha value is -0.530. The van der Waals surface area contributed by atoms with Gasteiger partial charge in [0.25, 0.3) is 0 Å². The Labute approximate surface area is 65.9 Å². The molecule has 2 heterocycles. The average molecular weight is 152 g/mol. The summed E-state index contributed by atoms with van der Waals surface area (Å²) in [4.78, 5) is 11.2. The van der Waals surface area contributed by atoms with Crippen molar-refractivity contribution in [1.82, 2.24) is 0 Å². The van der Waals surface area contributed by atoms with E-state index in [1.165, 1.54) is 0 Å². The van der Waals surface area contributed by atoms with Crippen molar-refractivity contribution in [2.24, 2.45) is 23.7 Å². The Morgan fingerprint density at radius 2 is 2.18 bits per heavy atom. The summed E-state index contributed by atoms with van der Waals surface area (Å²) < 4.78 is 5.27. The molecule has 0 spiro atoms. The van der Waals surface area contributed by atoms with Crippen LogP contribution in [0.1, 0.15) is 19.8 Å². The van der Waals surface area contributed by atoms with Gasteiger partial charge in [-0.05, 0) is 30.6 Å². The third-order valence-corrected chi connectivity index (χ3v) is 3.95. The third-order valence-electron chi connectivity index (χ3n) is 3.95. The molecule has 2 heteroatoms. The fourth-order valence-electron chi connectivity index (χ4n) is 3.32. The van der Waals surface area contributed by atoms with Crippen LogP contribution >= 0.6 is 0 Å². The minimum absolute atomic E-state index is 0.0897. The molecule has 2 saturated heterocycles. The standard InChI is InChI=1S/C9H12O2/c1-4-5-3-8-6(4)2-7(5)9(10)11-8/h4-8H,2-3H2,1H3. The number of carbonyl (C=O) groups is 1. The van der Waals surface area contributed by atoms with Gasteiger partial charge in [0.1, 0.15) is 6.10 Å². The lowest BCUT2D eigenvalue weighted by atomic mass is 9.84. The van der Waals surface area contributed by atoms with Crippen molar-refractivity contribution in [2.45, 2.75) is 25.9 Å². The van der Waals surface area contributed by atoms with Gasteiger partial charge in [-0.15, -0.1) is 0 Å². The molecule has 0 radical (unpaired) electrons. The van der Waals surface area contributed by atoms with Gasteiger partial charge < -0.3 is 4.74 Å². The van der Waals surface area contributed by atoms with Crippen molar-refractivity contribution in [3.63, 3.8) is 0 Å². The van der Waals surface area contributed by atoms with Crippen LogP contribution < -0.4 is 0 Å². The van der Waals surface area contributed by atoms with Crippen LogP contribution in [0.25, 0.3) is 0 Å². The number of fused-ring (bicyclic) bond motifs is 1. The molecule has 0 aromatic carbocycles. The van der Waals surface area contributed by atoms with Crippen molar-refractivity contribution in [1.29, 1.82) is 0 Å². The second-order valence-corrected chi connectivity index (χ2v) is 4.24. The first-order valence-electron chi connectivity index (χ1n) is 4.48. The van der Waals surface area contributed by atoms with Gasteiger partial charge in [-0.3, -0.25) is 4.79 Å². The van der Waals surface area contributed by atoms with Crippen molar-refractivity contribution >= 4 is 5.97 Å². The lowest BCUT2D eigenvalue weighted by Crippen LogP contribution is -2.39. The maximum Gasteiger partial charge on any atom is 0.309 e. The molecule has 0 N–H and O–H groups in total. The number of hydrogen-bond acceptors (Lipinski definition) is 2.